The maximum Gasteiger partial charge on any atom is 0.157 e. The molecular formula is C12H16BrNO5. The van der Waals surface area contributed by atoms with Gasteiger partial charge in [0.15, 0.2) is 6.23 Å². The molecule has 19 heavy (non-hydrogen) atoms. The fraction of sp³-hybridized carbons (Fsp3) is 0.500. The fourth-order valence-corrected chi connectivity index (χ4v) is 2.22. The molecular weight excluding hydrogens is 318 g/mol. The minimum Gasteiger partial charge on any atom is -0.394 e. The van der Waals surface area contributed by atoms with E-state index in [2.05, 4.69) is 21.2 Å². The summed E-state index contributed by atoms with van der Waals surface area (Å²) >= 11 is 3.31. The van der Waals surface area contributed by atoms with Crippen LogP contribution < -0.4 is 5.32 Å². The van der Waals surface area contributed by atoms with Crippen LogP contribution in [0.1, 0.15) is 0 Å². The van der Waals surface area contributed by atoms with Gasteiger partial charge in [0.1, 0.15) is 24.4 Å². The van der Waals surface area contributed by atoms with E-state index in [1.807, 2.05) is 12.1 Å². The van der Waals surface area contributed by atoms with E-state index in [1.54, 1.807) is 12.1 Å². The Kier molecular flexibility index (Phi) is 4.77. The molecule has 1 aliphatic heterocycles. The molecule has 106 valence electrons. The van der Waals surface area contributed by atoms with Gasteiger partial charge < -0.3 is 30.5 Å². The number of benzene rings is 1. The van der Waals surface area contributed by atoms with E-state index in [-0.39, 0.29) is 0 Å². The number of nitrogens with one attached hydrogen (secondary N) is 1. The maximum absolute atomic E-state index is 9.85. The second-order valence-electron chi connectivity index (χ2n) is 4.40. The van der Waals surface area contributed by atoms with Gasteiger partial charge in [-0.3, -0.25) is 0 Å². The smallest absolute Gasteiger partial charge is 0.157 e. The quantitative estimate of drug-likeness (QED) is 0.516. The highest BCUT2D eigenvalue weighted by Gasteiger charge is 2.45. The van der Waals surface area contributed by atoms with Gasteiger partial charge in [-0.25, -0.2) is 0 Å². The molecule has 0 saturated carbocycles. The Labute approximate surface area is 118 Å². The van der Waals surface area contributed by atoms with E-state index in [0.717, 1.165) is 4.47 Å². The van der Waals surface area contributed by atoms with Gasteiger partial charge in [-0.15, -0.1) is 0 Å². The Morgan fingerprint density at radius 1 is 1.21 bits per heavy atom. The summed E-state index contributed by atoms with van der Waals surface area (Å²) in [6, 6.07) is 7.20. The van der Waals surface area contributed by atoms with Crippen molar-refractivity contribution in [2.45, 2.75) is 30.6 Å². The predicted molar refractivity (Wildman–Crippen MR) is 71.5 cm³/mol. The standard InChI is InChI=1S/C12H16BrNO5/c13-6-1-3-7(4-2-6)14-12-10(18)9(17)11(19-12)8(16)5-15/h1-4,8-12,14-18H,5H2/t8-,9-,10+,11-,12-/m0/s1. The second kappa shape index (κ2) is 6.17. The summed E-state index contributed by atoms with van der Waals surface area (Å²) in [6.07, 6.45) is -5.54. The first-order chi connectivity index (χ1) is 9.02. The number of anilines is 1. The molecule has 1 heterocycles. The lowest BCUT2D eigenvalue weighted by atomic mass is 10.1. The van der Waals surface area contributed by atoms with Crippen molar-refractivity contribution in [3.63, 3.8) is 0 Å². The Morgan fingerprint density at radius 2 is 1.84 bits per heavy atom. The fourth-order valence-electron chi connectivity index (χ4n) is 1.96. The second-order valence-corrected chi connectivity index (χ2v) is 5.32. The molecule has 1 fully saturated rings. The van der Waals surface area contributed by atoms with Crippen LogP contribution in [0.5, 0.6) is 0 Å². The number of ether oxygens (including phenoxy) is 1. The highest BCUT2D eigenvalue weighted by molar-refractivity contribution is 9.10. The van der Waals surface area contributed by atoms with Gasteiger partial charge in [-0.1, -0.05) is 15.9 Å². The molecule has 0 radical (unpaired) electrons. The van der Waals surface area contributed by atoms with Crippen molar-refractivity contribution in [3.05, 3.63) is 28.7 Å². The van der Waals surface area contributed by atoms with Crippen molar-refractivity contribution < 1.29 is 25.2 Å². The summed E-state index contributed by atoms with van der Waals surface area (Å²) in [4.78, 5) is 0. The molecule has 1 aromatic rings. The third-order valence-electron chi connectivity index (χ3n) is 3.02. The van der Waals surface area contributed by atoms with Crippen molar-refractivity contribution >= 4 is 21.6 Å². The largest absolute Gasteiger partial charge is 0.394 e. The van der Waals surface area contributed by atoms with E-state index < -0.39 is 37.3 Å². The van der Waals surface area contributed by atoms with E-state index in [9.17, 15) is 15.3 Å². The molecule has 0 aromatic heterocycles. The Hall–Kier alpha value is -0.700. The molecule has 2 rings (SSSR count). The van der Waals surface area contributed by atoms with Gasteiger partial charge in [-0.05, 0) is 24.3 Å². The van der Waals surface area contributed by atoms with Crippen molar-refractivity contribution in [1.82, 2.24) is 0 Å². The topological polar surface area (TPSA) is 102 Å². The summed E-state index contributed by atoms with van der Waals surface area (Å²) in [6.45, 7) is -0.542. The number of hydrogen-bond donors (Lipinski definition) is 5. The van der Waals surface area contributed by atoms with Crippen LogP contribution in [-0.4, -0.2) is 57.7 Å². The summed E-state index contributed by atoms with van der Waals surface area (Å²) in [7, 11) is 0. The molecule has 5 N–H and O–H groups in total. The van der Waals surface area contributed by atoms with Gasteiger partial charge in [0.25, 0.3) is 0 Å². The van der Waals surface area contributed by atoms with E-state index in [1.165, 1.54) is 0 Å². The molecule has 0 aliphatic carbocycles. The van der Waals surface area contributed by atoms with Gasteiger partial charge in [0.05, 0.1) is 6.61 Å². The summed E-state index contributed by atoms with van der Waals surface area (Å²) in [5.41, 5.74) is 0.707. The Balaban J connectivity index is 2.03. The molecule has 5 atom stereocenters. The maximum atomic E-state index is 9.85. The van der Waals surface area contributed by atoms with Crippen LogP contribution in [0, 0.1) is 0 Å². The number of halogens is 1. The normalized spacial score (nSPS) is 32.3. The molecule has 1 saturated heterocycles. The van der Waals surface area contributed by atoms with Gasteiger partial charge in [0, 0.05) is 10.2 Å². The molecule has 7 heteroatoms. The van der Waals surface area contributed by atoms with Gasteiger partial charge in [-0.2, -0.15) is 0 Å². The summed E-state index contributed by atoms with van der Waals surface area (Å²) in [5, 5.41) is 40.9. The van der Waals surface area contributed by atoms with Crippen LogP contribution >= 0.6 is 15.9 Å². The number of rotatable bonds is 4. The van der Waals surface area contributed by atoms with Gasteiger partial charge in [0.2, 0.25) is 0 Å². The number of aliphatic hydroxyl groups is 4. The van der Waals surface area contributed by atoms with Crippen molar-refractivity contribution in [3.8, 4) is 0 Å². The van der Waals surface area contributed by atoms with Crippen LogP contribution in [0.3, 0.4) is 0 Å². The first-order valence-corrected chi connectivity index (χ1v) is 6.65. The highest BCUT2D eigenvalue weighted by Crippen LogP contribution is 2.25. The number of hydrogen-bond acceptors (Lipinski definition) is 6. The van der Waals surface area contributed by atoms with Crippen molar-refractivity contribution in [2.24, 2.45) is 0 Å². The van der Waals surface area contributed by atoms with Crippen molar-refractivity contribution in [2.75, 3.05) is 11.9 Å². The van der Waals surface area contributed by atoms with Crippen LogP contribution in [-0.2, 0) is 4.74 Å². The molecule has 0 unspecified atom stereocenters. The molecule has 0 amide bonds. The summed E-state index contributed by atoms with van der Waals surface area (Å²) < 4.78 is 6.26. The lowest BCUT2D eigenvalue weighted by Crippen LogP contribution is -2.40. The Bertz CT molecular complexity index is 415. The van der Waals surface area contributed by atoms with Crippen LogP contribution in [0.4, 0.5) is 5.69 Å². The average Bonchev–Trinajstić information content (AvgIpc) is 2.69. The zero-order chi connectivity index (χ0) is 14.0. The molecule has 6 nitrogen and oxygen atoms in total. The molecule has 0 spiro atoms. The SMILES string of the molecule is OC[C@H](O)[C@@H]1O[C@H](Nc2ccc(Br)cc2)[C@H](O)[C@@H]1O. The highest BCUT2D eigenvalue weighted by atomic mass is 79.9. The van der Waals surface area contributed by atoms with Crippen molar-refractivity contribution in [1.29, 1.82) is 0 Å². The van der Waals surface area contributed by atoms with Crippen LogP contribution in [0.25, 0.3) is 0 Å². The first-order valence-electron chi connectivity index (χ1n) is 5.85. The third kappa shape index (κ3) is 3.25. The number of aliphatic hydroxyl groups excluding tert-OH is 4. The molecule has 1 aliphatic rings. The first kappa shape index (κ1) is 14.7. The Morgan fingerprint density at radius 3 is 2.42 bits per heavy atom. The predicted octanol–water partition coefficient (Wildman–Crippen LogP) is -0.339. The van der Waals surface area contributed by atoms with Gasteiger partial charge >= 0.3 is 0 Å². The minimum absolute atomic E-state index is 0.542. The molecule has 1 aromatic carbocycles. The summed E-state index contributed by atoms with van der Waals surface area (Å²) in [5.74, 6) is 0. The monoisotopic (exact) mass is 333 g/mol. The van der Waals surface area contributed by atoms with E-state index in [4.69, 9.17) is 9.84 Å². The minimum atomic E-state index is -1.25. The zero-order valence-corrected chi connectivity index (χ0v) is 11.6. The van der Waals surface area contributed by atoms with Crippen LogP contribution in [0.15, 0.2) is 28.7 Å². The lowest BCUT2D eigenvalue weighted by Gasteiger charge is -2.19. The van der Waals surface area contributed by atoms with E-state index >= 15 is 0 Å². The van der Waals surface area contributed by atoms with E-state index in [0.29, 0.717) is 5.69 Å². The zero-order valence-electron chi connectivity index (χ0n) is 9.98. The lowest BCUT2D eigenvalue weighted by molar-refractivity contribution is -0.0774. The third-order valence-corrected chi connectivity index (χ3v) is 3.55. The van der Waals surface area contributed by atoms with Crippen LogP contribution in [0.2, 0.25) is 0 Å². The molecule has 0 bridgehead atoms. The average molecular weight is 334 g/mol.